The molecule has 0 aliphatic rings. The van der Waals surface area contributed by atoms with Gasteiger partial charge in [-0.1, -0.05) is 31.5 Å². The average molecular weight is 236 g/mol. The van der Waals surface area contributed by atoms with Gasteiger partial charge in [0.2, 0.25) is 0 Å². The van der Waals surface area contributed by atoms with Crippen molar-refractivity contribution in [3.63, 3.8) is 0 Å². The number of carboxylic acid groups (broad SMARTS) is 1. The summed E-state index contributed by atoms with van der Waals surface area (Å²) in [6.07, 6.45) is 0.887. The molecule has 1 rings (SSSR count). The maximum absolute atomic E-state index is 11.6. The highest BCUT2D eigenvalue weighted by molar-refractivity contribution is 5.91. The molecule has 0 radical (unpaired) electrons. The first-order valence-electron chi connectivity index (χ1n) is 5.64. The van der Waals surface area contributed by atoms with Crippen LogP contribution in [0.15, 0.2) is 30.3 Å². The van der Waals surface area contributed by atoms with Crippen LogP contribution >= 0.6 is 0 Å². The van der Waals surface area contributed by atoms with E-state index in [0.717, 1.165) is 12.8 Å². The molecule has 0 fully saturated rings. The maximum atomic E-state index is 11.6. The molecule has 0 aliphatic heterocycles. The number of rotatable bonds is 6. The molecule has 1 atom stereocenters. The molecule has 1 aromatic rings. The first kappa shape index (κ1) is 13.2. The Bertz CT molecular complexity index is 372. The number of carbonyl (C=O) groups is 2. The fraction of sp³-hybridized carbons (Fsp3) is 0.385. The minimum Gasteiger partial charge on any atom is -0.479 e. The lowest BCUT2D eigenvalue weighted by molar-refractivity contribution is -0.147. The second-order valence-corrected chi connectivity index (χ2v) is 3.74. The molecular weight excluding hydrogens is 220 g/mol. The zero-order valence-electron chi connectivity index (χ0n) is 9.76. The van der Waals surface area contributed by atoms with Crippen LogP contribution in [0.2, 0.25) is 0 Å². The number of hydrogen-bond donors (Lipinski definition) is 1. The van der Waals surface area contributed by atoms with Gasteiger partial charge in [-0.2, -0.15) is 0 Å². The third-order valence-electron chi connectivity index (χ3n) is 2.35. The zero-order chi connectivity index (χ0) is 12.7. The molecule has 1 N–H and O–H groups in total. The minimum atomic E-state index is -1.09. The van der Waals surface area contributed by atoms with Gasteiger partial charge in [0.15, 0.2) is 6.10 Å². The summed E-state index contributed by atoms with van der Waals surface area (Å²) in [4.78, 5) is 22.5. The van der Waals surface area contributed by atoms with Gasteiger partial charge in [-0.05, 0) is 25.0 Å². The largest absolute Gasteiger partial charge is 0.479 e. The lowest BCUT2D eigenvalue weighted by atomic mass is 10.1. The van der Waals surface area contributed by atoms with Crippen molar-refractivity contribution in [2.75, 3.05) is 0 Å². The van der Waals surface area contributed by atoms with Gasteiger partial charge in [-0.25, -0.2) is 9.59 Å². The van der Waals surface area contributed by atoms with Crippen LogP contribution in [0.5, 0.6) is 0 Å². The molecule has 1 unspecified atom stereocenters. The van der Waals surface area contributed by atoms with Crippen molar-refractivity contribution in [2.24, 2.45) is 0 Å². The van der Waals surface area contributed by atoms with Gasteiger partial charge in [-0.3, -0.25) is 0 Å². The van der Waals surface area contributed by atoms with E-state index in [9.17, 15) is 9.59 Å². The van der Waals surface area contributed by atoms with Gasteiger partial charge in [-0.15, -0.1) is 0 Å². The number of esters is 1. The Hall–Kier alpha value is -1.84. The summed E-state index contributed by atoms with van der Waals surface area (Å²) in [5.74, 6) is -1.68. The minimum absolute atomic E-state index is 0.352. The van der Waals surface area contributed by atoms with Crippen LogP contribution < -0.4 is 0 Å². The Morgan fingerprint density at radius 1 is 1.29 bits per heavy atom. The Morgan fingerprint density at radius 3 is 2.47 bits per heavy atom. The summed E-state index contributed by atoms with van der Waals surface area (Å²) < 4.78 is 4.96. The van der Waals surface area contributed by atoms with Gasteiger partial charge >= 0.3 is 11.9 Å². The number of ether oxygens (including phenoxy) is 1. The van der Waals surface area contributed by atoms with Crippen molar-refractivity contribution in [1.29, 1.82) is 0 Å². The van der Waals surface area contributed by atoms with E-state index in [1.54, 1.807) is 30.3 Å². The van der Waals surface area contributed by atoms with Crippen molar-refractivity contribution in [1.82, 2.24) is 0 Å². The highest BCUT2D eigenvalue weighted by Crippen LogP contribution is 2.09. The van der Waals surface area contributed by atoms with Gasteiger partial charge in [0.05, 0.1) is 5.56 Å². The zero-order valence-corrected chi connectivity index (χ0v) is 9.76. The van der Waals surface area contributed by atoms with Gasteiger partial charge in [0.1, 0.15) is 0 Å². The molecule has 92 valence electrons. The highest BCUT2D eigenvalue weighted by Gasteiger charge is 2.22. The maximum Gasteiger partial charge on any atom is 0.345 e. The molecule has 1 aromatic carbocycles. The third-order valence-corrected chi connectivity index (χ3v) is 2.35. The number of carbonyl (C=O) groups excluding carboxylic acids is 1. The SMILES string of the molecule is CCCCC(OC(=O)c1ccccc1)C(=O)O. The van der Waals surface area contributed by atoms with Gasteiger partial charge in [0, 0.05) is 0 Å². The van der Waals surface area contributed by atoms with E-state index in [2.05, 4.69) is 0 Å². The third kappa shape index (κ3) is 4.26. The number of hydrogen-bond acceptors (Lipinski definition) is 3. The van der Waals surface area contributed by atoms with E-state index in [1.807, 2.05) is 6.92 Å². The first-order chi connectivity index (χ1) is 8.15. The second-order valence-electron chi connectivity index (χ2n) is 3.74. The molecule has 0 heterocycles. The predicted molar refractivity (Wildman–Crippen MR) is 62.8 cm³/mol. The van der Waals surface area contributed by atoms with E-state index in [1.165, 1.54) is 0 Å². The molecule has 0 amide bonds. The predicted octanol–water partition coefficient (Wildman–Crippen LogP) is 2.49. The summed E-state index contributed by atoms with van der Waals surface area (Å²) in [6.45, 7) is 1.96. The molecule has 0 spiro atoms. The van der Waals surface area contributed by atoms with E-state index in [-0.39, 0.29) is 0 Å². The summed E-state index contributed by atoms with van der Waals surface area (Å²) in [5, 5.41) is 8.92. The monoisotopic (exact) mass is 236 g/mol. The van der Waals surface area contributed by atoms with E-state index >= 15 is 0 Å². The van der Waals surface area contributed by atoms with Crippen molar-refractivity contribution in [3.05, 3.63) is 35.9 Å². The lowest BCUT2D eigenvalue weighted by Gasteiger charge is -2.13. The molecule has 0 saturated carbocycles. The van der Waals surface area contributed by atoms with Crippen molar-refractivity contribution >= 4 is 11.9 Å². The number of benzene rings is 1. The summed E-state index contributed by atoms with van der Waals surface area (Å²) in [7, 11) is 0. The molecule has 0 aliphatic carbocycles. The summed E-state index contributed by atoms with van der Waals surface area (Å²) in [6, 6.07) is 8.39. The summed E-state index contributed by atoms with van der Waals surface area (Å²) >= 11 is 0. The van der Waals surface area contributed by atoms with Crippen LogP contribution in [0, 0.1) is 0 Å². The van der Waals surface area contributed by atoms with Crippen molar-refractivity contribution in [3.8, 4) is 0 Å². The van der Waals surface area contributed by atoms with Crippen molar-refractivity contribution < 1.29 is 19.4 Å². The smallest absolute Gasteiger partial charge is 0.345 e. The van der Waals surface area contributed by atoms with E-state index in [4.69, 9.17) is 9.84 Å². The van der Waals surface area contributed by atoms with Crippen LogP contribution in [-0.4, -0.2) is 23.1 Å². The Morgan fingerprint density at radius 2 is 1.94 bits per heavy atom. The summed E-state index contributed by atoms with van der Waals surface area (Å²) in [5.41, 5.74) is 0.371. The Kier molecular flexibility index (Phi) is 5.20. The molecule has 17 heavy (non-hydrogen) atoms. The van der Waals surface area contributed by atoms with Crippen LogP contribution in [0.3, 0.4) is 0 Å². The Balaban J connectivity index is 2.61. The molecule has 0 saturated heterocycles. The van der Waals surface area contributed by atoms with Crippen LogP contribution in [0.1, 0.15) is 36.5 Å². The first-order valence-corrected chi connectivity index (χ1v) is 5.64. The average Bonchev–Trinajstić information content (AvgIpc) is 2.35. The molecule has 0 aromatic heterocycles. The van der Waals surface area contributed by atoms with Crippen LogP contribution in [0.4, 0.5) is 0 Å². The lowest BCUT2D eigenvalue weighted by Crippen LogP contribution is -2.27. The normalized spacial score (nSPS) is 11.8. The second kappa shape index (κ2) is 6.68. The highest BCUT2D eigenvalue weighted by atomic mass is 16.6. The number of carboxylic acids is 1. The molecule has 0 bridgehead atoms. The topological polar surface area (TPSA) is 63.6 Å². The standard InChI is InChI=1S/C13H16O4/c1-2-3-9-11(12(14)15)17-13(16)10-7-5-4-6-8-10/h4-8,11H,2-3,9H2,1H3,(H,14,15). The fourth-order valence-electron chi connectivity index (χ4n) is 1.39. The van der Waals surface area contributed by atoms with Gasteiger partial charge in [0.25, 0.3) is 0 Å². The van der Waals surface area contributed by atoms with E-state index < -0.39 is 18.0 Å². The number of unbranched alkanes of at least 4 members (excludes halogenated alkanes) is 1. The van der Waals surface area contributed by atoms with Crippen molar-refractivity contribution in [2.45, 2.75) is 32.3 Å². The molecule has 4 heteroatoms. The molecular formula is C13H16O4. The Labute approximate surface area is 100 Å². The van der Waals surface area contributed by atoms with E-state index in [0.29, 0.717) is 12.0 Å². The fourth-order valence-corrected chi connectivity index (χ4v) is 1.39. The van der Waals surface area contributed by atoms with Gasteiger partial charge < -0.3 is 9.84 Å². The quantitative estimate of drug-likeness (QED) is 0.771. The molecule has 4 nitrogen and oxygen atoms in total. The number of aliphatic carboxylic acids is 1. The van der Waals surface area contributed by atoms with Crippen LogP contribution in [0.25, 0.3) is 0 Å². The van der Waals surface area contributed by atoms with Crippen LogP contribution in [-0.2, 0) is 9.53 Å².